The first-order chi connectivity index (χ1) is 10.3. The monoisotopic (exact) mass is 277 g/mol. The van der Waals surface area contributed by atoms with E-state index in [0.29, 0.717) is 17.9 Å². The second kappa shape index (κ2) is 5.75. The molecule has 3 aromatic rings. The SMILES string of the molecule is CCOc1ccc(C(=O)c2nccc3ccccc23)cc1. The minimum Gasteiger partial charge on any atom is -0.494 e. The number of benzene rings is 2. The van der Waals surface area contributed by atoms with Crippen molar-refractivity contribution in [2.24, 2.45) is 0 Å². The summed E-state index contributed by atoms with van der Waals surface area (Å²) in [5, 5.41) is 1.89. The molecule has 1 heterocycles. The van der Waals surface area contributed by atoms with Gasteiger partial charge in [-0.1, -0.05) is 24.3 Å². The summed E-state index contributed by atoms with van der Waals surface area (Å²) in [6.45, 7) is 2.54. The topological polar surface area (TPSA) is 39.2 Å². The molecule has 0 aliphatic rings. The van der Waals surface area contributed by atoms with Gasteiger partial charge in [-0.05, 0) is 42.6 Å². The van der Waals surface area contributed by atoms with E-state index in [1.807, 2.05) is 49.4 Å². The molecule has 1 aromatic heterocycles. The number of carbonyl (C=O) groups excluding carboxylic acids is 1. The molecule has 0 spiro atoms. The van der Waals surface area contributed by atoms with Crippen molar-refractivity contribution in [2.75, 3.05) is 6.61 Å². The Kier molecular flexibility index (Phi) is 3.65. The van der Waals surface area contributed by atoms with E-state index >= 15 is 0 Å². The second-order valence-electron chi connectivity index (χ2n) is 4.67. The van der Waals surface area contributed by atoms with Gasteiger partial charge in [-0.2, -0.15) is 0 Å². The zero-order chi connectivity index (χ0) is 14.7. The van der Waals surface area contributed by atoms with E-state index in [9.17, 15) is 4.79 Å². The maximum absolute atomic E-state index is 12.6. The Hall–Kier alpha value is -2.68. The maximum Gasteiger partial charge on any atom is 0.211 e. The van der Waals surface area contributed by atoms with Crippen LogP contribution in [0.3, 0.4) is 0 Å². The van der Waals surface area contributed by atoms with Crippen molar-refractivity contribution >= 4 is 16.6 Å². The van der Waals surface area contributed by atoms with Gasteiger partial charge in [-0.15, -0.1) is 0 Å². The number of hydrogen-bond donors (Lipinski definition) is 0. The first-order valence-corrected chi connectivity index (χ1v) is 6.91. The highest BCUT2D eigenvalue weighted by molar-refractivity contribution is 6.14. The van der Waals surface area contributed by atoms with Gasteiger partial charge < -0.3 is 4.74 Å². The minimum absolute atomic E-state index is 0.0742. The average molecular weight is 277 g/mol. The van der Waals surface area contributed by atoms with Crippen LogP contribution in [0, 0.1) is 0 Å². The fourth-order valence-electron chi connectivity index (χ4n) is 2.31. The number of rotatable bonds is 4. The van der Waals surface area contributed by atoms with Crippen LogP contribution in [-0.2, 0) is 0 Å². The van der Waals surface area contributed by atoms with Crippen molar-refractivity contribution < 1.29 is 9.53 Å². The number of ketones is 1. The Labute approximate surface area is 123 Å². The van der Waals surface area contributed by atoms with Crippen molar-refractivity contribution in [3.05, 3.63) is 72.1 Å². The minimum atomic E-state index is -0.0742. The van der Waals surface area contributed by atoms with Gasteiger partial charge in [0.05, 0.1) is 6.61 Å². The predicted octanol–water partition coefficient (Wildman–Crippen LogP) is 3.86. The summed E-state index contributed by atoms with van der Waals surface area (Å²) in [7, 11) is 0. The van der Waals surface area contributed by atoms with Gasteiger partial charge in [0.2, 0.25) is 5.78 Å². The molecule has 0 radical (unpaired) electrons. The van der Waals surface area contributed by atoms with Gasteiger partial charge in [0.15, 0.2) is 0 Å². The van der Waals surface area contributed by atoms with E-state index in [0.717, 1.165) is 16.5 Å². The lowest BCUT2D eigenvalue weighted by atomic mass is 10.0. The van der Waals surface area contributed by atoms with E-state index in [1.165, 1.54) is 0 Å². The van der Waals surface area contributed by atoms with E-state index in [4.69, 9.17) is 4.74 Å². The number of carbonyl (C=O) groups is 1. The molecule has 0 unspecified atom stereocenters. The molecule has 0 aliphatic carbocycles. The second-order valence-corrected chi connectivity index (χ2v) is 4.67. The fourth-order valence-corrected chi connectivity index (χ4v) is 2.31. The van der Waals surface area contributed by atoms with E-state index in [2.05, 4.69) is 4.98 Å². The zero-order valence-electron chi connectivity index (χ0n) is 11.7. The highest BCUT2D eigenvalue weighted by Gasteiger charge is 2.13. The standard InChI is InChI=1S/C18H15NO2/c1-2-21-15-9-7-14(8-10-15)18(20)17-16-6-4-3-5-13(16)11-12-19-17/h3-12H,2H2,1H3. The maximum atomic E-state index is 12.6. The van der Waals surface area contributed by atoms with Crippen LogP contribution in [-0.4, -0.2) is 17.4 Å². The third-order valence-corrected chi connectivity index (χ3v) is 3.32. The molecule has 3 rings (SSSR count). The van der Waals surface area contributed by atoms with Crippen LogP contribution in [0.5, 0.6) is 5.75 Å². The normalized spacial score (nSPS) is 10.5. The Balaban J connectivity index is 2.00. The third-order valence-electron chi connectivity index (χ3n) is 3.32. The largest absolute Gasteiger partial charge is 0.494 e. The summed E-state index contributed by atoms with van der Waals surface area (Å²) in [6.07, 6.45) is 1.67. The highest BCUT2D eigenvalue weighted by Crippen LogP contribution is 2.20. The first kappa shape index (κ1) is 13.3. The molecule has 0 saturated heterocycles. The number of hydrogen-bond acceptors (Lipinski definition) is 3. The molecule has 0 amide bonds. The molecule has 0 atom stereocenters. The van der Waals surface area contributed by atoms with Crippen LogP contribution in [0.4, 0.5) is 0 Å². The van der Waals surface area contributed by atoms with Crippen molar-refractivity contribution in [1.29, 1.82) is 0 Å². The van der Waals surface area contributed by atoms with Gasteiger partial charge in [0.25, 0.3) is 0 Å². The molecular weight excluding hydrogens is 262 g/mol. The smallest absolute Gasteiger partial charge is 0.211 e. The number of fused-ring (bicyclic) bond motifs is 1. The van der Waals surface area contributed by atoms with E-state index < -0.39 is 0 Å². The van der Waals surface area contributed by atoms with Crippen LogP contribution in [0.1, 0.15) is 23.0 Å². The summed E-state index contributed by atoms with van der Waals surface area (Å²) >= 11 is 0. The van der Waals surface area contributed by atoms with Crippen molar-refractivity contribution in [2.45, 2.75) is 6.92 Å². The summed E-state index contributed by atoms with van der Waals surface area (Å²) in [6, 6.07) is 16.8. The Morgan fingerprint density at radius 3 is 2.57 bits per heavy atom. The van der Waals surface area contributed by atoms with Gasteiger partial charge in [-0.3, -0.25) is 9.78 Å². The summed E-state index contributed by atoms with van der Waals surface area (Å²) in [5.74, 6) is 0.690. The van der Waals surface area contributed by atoms with Crippen molar-refractivity contribution in [3.8, 4) is 5.75 Å². The van der Waals surface area contributed by atoms with Gasteiger partial charge in [0, 0.05) is 17.1 Å². The Morgan fingerprint density at radius 2 is 1.81 bits per heavy atom. The first-order valence-electron chi connectivity index (χ1n) is 6.91. The lowest BCUT2D eigenvalue weighted by molar-refractivity contribution is 0.103. The van der Waals surface area contributed by atoms with Gasteiger partial charge >= 0.3 is 0 Å². The van der Waals surface area contributed by atoms with E-state index in [-0.39, 0.29) is 5.78 Å². The molecule has 2 aromatic carbocycles. The zero-order valence-corrected chi connectivity index (χ0v) is 11.7. The van der Waals surface area contributed by atoms with Gasteiger partial charge in [0.1, 0.15) is 11.4 Å². The average Bonchev–Trinajstić information content (AvgIpc) is 2.55. The highest BCUT2D eigenvalue weighted by atomic mass is 16.5. The van der Waals surface area contributed by atoms with Crippen molar-refractivity contribution in [1.82, 2.24) is 4.98 Å². The molecule has 0 N–H and O–H groups in total. The lowest BCUT2D eigenvalue weighted by Gasteiger charge is -2.06. The molecule has 3 nitrogen and oxygen atoms in total. The molecule has 21 heavy (non-hydrogen) atoms. The lowest BCUT2D eigenvalue weighted by Crippen LogP contribution is -2.05. The third kappa shape index (κ3) is 2.63. The van der Waals surface area contributed by atoms with Crippen LogP contribution in [0.25, 0.3) is 10.8 Å². The number of aromatic nitrogens is 1. The number of nitrogens with zero attached hydrogens (tertiary/aromatic N) is 1. The molecule has 0 saturated carbocycles. The molecule has 0 bridgehead atoms. The summed E-state index contributed by atoms with van der Waals surface area (Å²) in [4.78, 5) is 16.9. The molecule has 0 aliphatic heterocycles. The molecule has 0 fully saturated rings. The fraction of sp³-hybridized carbons (Fsp3) is 0.111. The molecular formula is C18H15NO2. The van der Waals surface area contributed by atoms with Crippen LogP contribution >= 0.6 is 0 Å². The van der Waals surface area contributed by atoms with Crippen LogP contribution in [0.15, 0.2) is 60.8 Å². The Morgan fingerprint density at radius 1 is 1.05 bits per heavy atom. The molecule has 3 heteroatoms. The summed E-state index contributed by atoms with van der Waals surface area (Å²) in [5.41, 5.74) is 1.10. The number of ether oxygens (including phenoxy) is 1. The van der Waals surface area contributed by atoms with Crippen LogP contribution < -0.4 is 4.74 Å². The van der Waals surface area contributed by atoms with Crippen LogP contribution in [0.2, 0.25) is 0 Å². The van der Waals surface area contributed by atoms with E-state index in [1.54, 1.807) is 18.3 Å². The van der Waals surface area contributed by atoms with Gasteiger partial charge in [-0.25, -0.2) is 0 Å². The quantitative estimate of drug-likeness (QED) is 0.680. The molecule has 104 valence electrons. The predicted molar refractivity (Wildman–Crippen MR) is 82.8 cm³/mol. The Bertz CT molecular complexity index is 773. The van der Waals surface area contributed by atoms with Crippen molar-refractivity contribution in [3.63, 3.8) is 0 Å². The number of pyridine rings is 1. The summed E-state index contributed by atoms with van der Waals surface area (Å²) < 4.78 is 5.39.